The first kappa shape index (κ1) is 20.3. The molecule has 32 heavy (non-hydrogen) atoms. The molecule has 1 N–H and O–H groups in total. The number of aromatic amines is 1. The van der Waals surface area contributed by atoms with Gasteiger partial charge in [0.05, 0.1) is 24.5 Å². The van der Waals surface area contributed by atoms with E-state index in [2.05, 4.69) is 26.1 Å². The standard InChI is InChI=1S/C24H18BrN3O4/c1-2-31-24(30)15-7-11-17(12-8-15)28-22(14-5-9-16(25)10-6-14)19-20(18-4-3-13-32-18)26-27-21(19)23(28)29/h3-13,22H,2H2,1H3,(H,26,27)/t22-/m0/s1. The molecule has 1 atom stereocenters. The quantitative estimate of drug-likeness (QED) is 0.379. The van der Waals surface area contributed by atoms with Crippen LogP contribution in [0.15, 0.2) is 75.8 Å². The molecular formula is C24H18BrN3O4. The Balaban J connectivity index is 1.62. The molecule has 4 aromatic rings. The number of carbonyl (C=O) groups is 2. The molecular weight excluding hydrogens is 474 g/mol. The van der Waals surface area contributed by atoms with Crippen LogP contribution in [0.5, 0.6) is 0 Å². The number of ether oxygens (including phenoxy) is 1. The second-order valence-electron chi connectivity index (χ2n) is 7.23. The molecule has 1 amide bonds. The van der Waals surface area contributed by atoms with Crippen molar-refractivity contribution in [2.75, 3.05) is 11.5 Å². The van der Waals surface area contributed by atoms with Crippen LogP contribution in [0, 0.1) is 0 Å². The predicted molar refractivity (Wildman–Crippen MR) is 121 cm³/mol. The number of aromatic nitrogens is 2. The molecule has 7 nitrogen and oxygen atoms in total. The Hall–Kier alpha value is -3.65. The minimum atomic E-state index is -0.419. The average Bonchev–Trinajstić information content (AvgIpc) is 3.53. The van der Waals surface area contributed by atoms with E-state index in [4.69, 9.17) is 9.15 Å². The Morgan fingerprint density at radius 2 is 1.91 bits per heavy atom. The lowest BCUT2D eigenvalue weighted by Crippen LogP contribution is -2.29. The summed E-state index contributed by atoms with van der Waals surface area (Å²) in [6.07, 6.45) is 1.58. The van der Waals surface area contributed by atoms with Crippen molar-refractivity contribution in [2.24, 2.45) is 0 Å². The minimum Gasteiger partial charge on any atom is -0.463 e. The Kier molecular flexibility index (Phi) is 5.14. The molecule has 2 aromatic heterocycles. The third kappa shape index (κ3) is 3.33. The number of H-pyrrole nitrogens is 1. The monoisotopic (exact) mass is 491 g/mol. The number of furan rings is 1. The maximum Gasteiger partial charge on any atom is 0.338 e. The van der Waals surface area contributed by atoms with Crippen LogP contribution in [0.3, 0.4) is 0 Å². The van der Waals surface area contributed by atoms with Crippen molar-refractivity contribution in [3.05, 3.63) is 93.8 Å². The number of hydrogen-bond donors (Lipinski definition) is 1. The molecule has 0 saturated heterocycles. The number of esters is 1. The summed E-state index contributed by atoms with van der Waals surface area (Å²) in [6.45, 7) is 2.06. The van der Waals surface area contributed by atoms with E-state index >= 15 is 0 Å². The van der Waals surface area contributed by atoms with E-state index in [9.17, 15) is 9.59 Å². The van der Waals surface area contributed by atoms with E-state index in [0.717, 1.165) is 15.6 Å². The van der Waals surface area contributed by atoms with Gasteiger partial charge in [-0.3, -0.25) is 14.8 Å². The number of nitrogens with one attached hydrogen (secondary N) is 1. The molecule has 1 aliphatic rings. The molecule has 0 radical (unpaired) electrons. The number of amides is 1. The fourth-order valence-corrected chi connectivity index (χ4v) is 4.21. The van der Waals surface area contributed by atoms with Crippen molar-refractivity contribution in [3.63, 3.8) is 0 Å². The predicted octanol–water partition coefficient (Wildman–Crippen LogP) is 5.36. The van der Waals surface area contributed by atoms with E-state index in [1.807, 2.05) is 30.3 Å². The lowest BCUT2D eigenvalue weighted by Gasteiger charge is -2.26. The molecule has 1 aliphatic heterocycles. The molecule has 0 fully saturated rings. The summed E-state index contributed by atoms with van der Waals surface area (Å²) < 4.78 is 11.6. The normalized spacial score (nSPS) is 15.1. The van der Waals surface area contributed by atoms with E-state index in [0.29, 0.717) is 35.0 Å². The van der Waals surface area contributed by atoms with Gasteiger partial charge in [0.1, 0.15) is 5.69 Å². The van der Waals surface area contributed by atoms with E-state index in [-0.39, 0.29) is 5.91 Å². The maximum absolute atomic E-state index is 13.5. The average molecular weight is 492 g/mol. The number of fused-ring (bicyclic) bond motifs is 1. The topological polar surface area (TPSA) is 88.4 Å². The van der Waals surface area contributed by atoms with E-state index in [1.165, 1.54) is 0 Å². The molecule has 160 valence electrons. The second kappa shape index (κ2) is 8.12. The summed E-state index contributed by atoms with van der Waals surface area (Å²) in [5.41, 5.74) is 3.76. The summed E-state index contributed by atoms with van der Waals surface area (Å²) in [6, 6.07) is 17.8. The molecule has 0 unspecified atom stereocenters. The number of rotatable bonds is 5. The van der Waals surface area contributed by atoms with Gasteiger partial charge in [-0.25, -0.2) is 4.79 Å². The number of carbonyl (C=O) groups excluding carboxylic acids is 2. The van der Waals surface area contributed by atoms with Crippen molar-refractivity contribution < 1.29 is 18.7 Å². The first-order valence-electron chi connectivity index (χ1n) is 10.1. The highest BCUT2D eigenvalue weighted by molar-refractivity contribution is 9.10. The number of halogens is 1. The Morgan fingerprint density at radius 3 is 2.56 bits per heavy atom. The van der Waals surface area contributed by atoms with Crippen LogP contribution in [0.2, 0.25) is 0 Å². The maximum atomic E-state index is 13.5. The fraction of sp³-hybridized carbons (Fsp3) is 0.125. The highest BCUT2D eigenvalue weighted by atomic mass is 79.9. The molecule has 2 aromatic carbocycles. The number of hydrogen-bond acceptors (Lipinski definition) is 5. The van der Waals surface area contributed by atoms with Crippen LogP contribution in [0.25, 0.3) is 11.5 Å². The fourth-order valence-electron chi connectivity index (χ4n) is 3.95. The Morgan fingerprint density at radius 1 is 1.16 bits per heavy atom. The van der Waals surface area contributed by atoms with Gasteiger partial charge in [0.25, 0.3) is 5.91 Å². The van der Waals surface area contributed by atoms with Gasteiger partial charge in [0.15, 0.2) is 11.5 Å². The van der Waals surface area contributed by atoms with Crippen LogP contribution in [0.4, 0.5) is 5.69 Å². The van der Waals surface area contributed by atoms with Gasteiger partial charge in [0.2, 0.25) is 0 Å². The molecule has 0 saturated carbocycles. The van der Waals surface area contributed by atoms with Gasteiger partial charge in [-0.2, -0.15) is 5.10 Å². The van der Waals surface area contributed by atoms with Gasteiger partial charge >= 0.3 is 5.97 Å². The van der Waals surface area contributed by atoms with Crippen LogP contribution >= 0.6 is 15.9 Å². The largest absolute Gasteiger partial charge is 0.463 e. The third-order valence-corrected chi connectivity index (χ3v) is 5.90. The van der Waals surface area contributed by atoms with Crippen molar-refractivity contribution in [1.82, 2.24) is 10.2 Å². The summed E-state index contributed by atoms with van der Waals surface area (Å²) >= 11 is 3.47. The third-order valence-electron chi connectivity index (χ3n) is 5.37. The molecule has 0 spiro atoms. The number of benzene rings is 2. The van der Waals surface area contributed by atoms with Crippen LogP contribution in [-0.2, 0) is 4.74 Å². The van der Waals surface area contributed by atoms with Crippen molar-refractivity contribution in [3.8, 4) is 11.5 Å². The molecule has 3 heterocycles. The van der Waals surface area contributed by atoms with Gasteiger partial charge in [-0.1, -0.05) is 28.1 Å². The first-order chi connectivity index (χ1) is 15.6. The highest BCUT2D eigenvalue weighted by Crippen LogP contribution is 2.45. The zero-order chi connectivity index (χ0) is 22.2. The van der Waals surface area contributed by atoms with Crippen molar-refractivity contribution in [1.29, 1.82) is 0 Å². The highest BCUT2D eigenvalue weighted by Gasteiger charge is 2.43. The number of anilines is 1. The molecule has 5 rings (SSSR count). The molecule has 0 aliphatic carbocycles. The van der Waals surface area contributed by atoms with Crippen LogP contribution in [0.1, 0.15) is 44.9 Å². The molecule has 8 heteroatoms. The summed E-state index contributed by atoms with van der Waals surface area (Å²) in [5, 5.41) is 7.28. The summed E-state index contributed by atoms with van der Waals surface area (Å²) in [5.74, 6) is -0.0245. The SMILES string of the molecule is CCOC(=O)c1ccc(N2C(=O)c3n[nH]c(-c4ccco4)c3[C@@H]2c2ccc(Br)cc2)cc1. The van der Waals surface area contributed by atoms with Gasteiger partial charge < -0.3 is 9.15 Å². The smallest absolute Gasteiger partial charge is 0.338 e. The lowest BCUT2D eigenvalue weighted by atomic mass is 9.97. The summed E-state index contributed by atoms with van der Waals surface area (Å²) in [4.78, 5) is 27.2. The van der Waals surface area contributed by atoms with E-state index in [1.54, 1.807) is 48.4 Å². The zero-order valence-corrected chi connectivity index (χ0v) is 18.6. The Bertz CT molecular complexity index is 1280. The minimum absolute atomic E-state index is 0.231. The van der Waals surface area contributed by atoms with E-state index < -0.39 is 12.0 Å². The van der Waals surface area contributed by atoms with Gasteiger partial charge in [0, 0.05) is 15.7 Å². The second-order valence-corrected chi connectivity index (χ2v) is 8.15. The lowest BCUT2D eigenvalue weighted by molar-refractivity contribution is 0.0526. The first-order valence-corrected chi connectivity index (χ1v) is 10.9. The Labute approximate surface area is 192 Å². The van der Waals surface area contributed by atoms with Crippen molar-refractivity contribution in [2.45, 2.75) is 13.0 Å². The number of nitrogens with zero attached hydrogens (tertiary/aromatic N) is 2. The zero-order valence-electron chi connectivity index (χ0n) is 17.0. The molecule has 0 bridgehead atoms. The van der Waals surface area contributed by atoms with Gasteiger partial charge in [-0.15, -0.1) is 0 Å². The van der Waals surface area contributed by atoms with Crippen molar-refractivity contribution >= 4 is 33.5 Å². The van der Waals surface area contributed by atoms with Crippen LogP contribution < -0.4 is 4.90 Å². The van der Waals surface area contributed by atoms with Crippen LogP contribution in [-0.4, -0.2) is 28.7 Å². The van der Waals surface area contributed by atoms with Gasteiger partial charge in [-0.05, 0) is 61.0 Å². The summed E-state index contributed by atoms with van der Waals surface area (Å²) in [7, 11) is 0.